The van der Waals surface area contributed by atoms with Gasteiger partial charge < -0.3 is 5.32 Å². The number of nitrogens with one attached hydrogen (secondary N) is 1. The third-order valence-electron chi connectivity index (χ3n) is 2.20. The Kier molecular flexibility index (Phi) is 5.81. The highest BCUT2D eigenvalue weighted by molar-refractivity contribution is 7.84. The lowest BCUT2D eigenvalue weighted by Crippen LogP contribution is -2.16. The van der Waals surface area contributed by atoms with Gasteiger partial charge in [0.1, 0.15) is 5.82 Å². The van der Waals surface area contributed by atoms with Crippen LogP contribution in [0.4, 0.5) is 4.39 Å². The predicted octanol–water partition coefficient (Wildman–Crippen LogP) is 1.56. The second-order valence-corrected chi connectivity index (χ2v) is 5.32. The van der Waals surface area contributed by atoms with Crippen LogP contribution in [-0.4, -0.2) is 22.8 Å². The quantitative estimate of drug-likeness (QED) is 0.784. The predicted molar refractivity (Wildman–Crippen MR) is 66.4 cm³/mol. The lowest BCUT2D eigenvalue weighted by atomic mass is 10.1. The Labute approximate surface area is 103 Å². The first-order valence-corrected chi connectivity index (χ1v) is 7.05. The Bertz CT molecular complexity index is 443. The Hall–Kier alpha value is -1.25. The van der Waals surface area contributed by atoms with E-state index in [4.69, 9.17) is 5.26 Å². The first kappa shape index (κ1) is 13.8. The van der Waals surface area contributed by atoms with Crippen molar-refractivity contribution in [1.29, 1.82) is 5.26 Å². The van der Waals surface area contributed by atoms with E-state index >= 15 is 0 Å². The van der Waals surface area contributed by atoms with Crippen LogP contribution in [0.25, 0.3) is 0 Å². The molecule has 0 radical (unpaired) electrons. The van der Waals surface area contributed by atoms with E-state index < -0.39 is 16.6 Å². The van der Waals surface area contributed by atoms with Crippen LogP contribution in [0.15, 0.2) is 18.2 Å². The van der Waals surface area contributed by atoms with Crippen molar-refractivity contribution in [3.8, 4) is 6.07 Å². The fourth-order valence-electron chi connectivity index (χ4n) is 1.45. The van der Waals surface area contributed by atoms with Crippen LogP contribution in [0.5, 0.6) is 0 Å². The van der Waals surface area contributed by atoms with Crippen LogP contribution in [0, 0.1) is 17.1 Å². The second-order valence-electron chi connectivity index (χ2n) is 3.77. The zero-order chi connectivity index (χ0) is 12.7. The number of nitrogens with zero attached hydrogens (tertiary/aromatic N) is 1. The van der Waals surface area contributed by atoms with Gasteiger partial charge in [-0.3, -0.25) is 4.21 Å². The summed E-state index contributed by atoms with van der Waals surface area (Å²) in [5.74, 6) is 0.273. The van der Waals surface area contributed by atoms with Gasteiger partial charge in [-0.05, 0) is 36.7 Å². The van der Waals surface area contributed by atoms with Crippen LogP contribution >= 0.6 is 0 Å². The maximum absolute atomic E-state index is 13.1. The summed E-state index contributed by atoms with van der Waals surface area (Å²) >= 11 is 0. The number of hydrogen-bond acceptors (Lipinski definition) is 3. The van der Waals surface area contributed by atoms with Crippen LogP contribution in [0.1, 0.15) is 17.5 Å². The molecule has 1 aromatic carbocycles. The van der Waals surface area contributed by atoms with E-state index in [1.807, 2.05) is 6.07 Å². The van der Waals surface area contributed by atoms with Gasteiger partial charge >= 0.3 is 0 Å². The van der Waals surface area contributed by atoms with Crippen molar-refractivity contribution in [3.05, 3.63) is 35.1 Å². The first-order chi connectivity index (χ1) is 8.11. The largest absolute Gasteiger partial charge is 0.313 e. The third kappa shape index (κ3) is 5.57. The van der Waals surface area contributed by atoms with E-state index in [9.17, 15) is 8.60 Å². The summed E-state index contributed by atoms with van der Waals surface area (Å²) in [5, 5.41) is 11.8. The van der Waals surface area contributed by atoms with Gasteiger partial charge in [0.05, 0.1) is 11.6 Å². The maximum Gasteiger partial charge on any atom is 0.124 e. The minimum Gasteiger partial charge on any atom is -0.313 e. The molecular formula is C12H15FN2OS. The van der Waals surface area contributed by atoms with Gasteiger partial charge in [-0.25, -0.2) is 4.39 Å². The highest BCUT2D eigenvalue weighted by atomic mass is 32.2. The Morgan fingerprint density at radius 3 is 2.88 bits per heavy atom. The third-order valence-corrected chi connectivity index (χ3v) is 3.06. The molecule has 17 heavy (non-hydrogen) atoms. The van der Waals surface area contributed by atoms with Crippen molar-refractivity contribution in [2.45, 2.75) is 13.0 Å². The topological polar surface area (TPSA) is 52.9 Å². The fourth-order valence-corrected chi connectivity index (χ4v) is 2.00. The van der Waals surface area contributed by atoms with Gasteiger partial charge in [0.15, 0.2) is 0 Å². The highest BCUT2D eigenvalue weighted by Crippen LogP contribution is 2.08. The van der Waals surface area contributed by atoms with Gasteiger partial charge in [0.25, 0.3) is 0 Å². The van der Waals surface area contributed by atoms with Crippen LogP contribution in [0.2, 0.25) is 0 Å². The van der Waals surface area contributed by atoms with Gasteiger partial charge in [-0.15, -0.1) is 0 Å². The average molecular weight is 254 g/mol. The summed E-state index contributed by atoms with van der Waals surface area (Å²) in [5.41, 5.74) is 1.08. The number of halogens is 1. The number of benzene rings is 1. The molecule has 1 N–H and O–H groups in total. The van der Waals surface area contributed by atoms with Crippen molar-refractivity contribution < 1.29 is 8.60 Å². The molecule has 0 amide bonds. The normalized spacial score (nSPS) is 12.1. The Balaban J connectivity index is 2.39. The summed E-state index contributed by atoms with van der Waals surface area (Å²) in [6, 6.07) is 6.20. The Morgan fingerprint density at radius 2 is 2.24 bits per heavy atom. The number of nitriles is 1. The zero-order valence-corrected chi connectivity index (χ0v) is 10.5. The molecule has 0 heterocycles. The van der Waals surface area contributed by atoms with Crippen molar-refractivity contribution in [1.82, 2.24) is 5.32 Å². The summed E-state index contributed by atoms with van der Waals surface area (Å²) < 4.78 is 23.9. The molecule has 0 fully saturated rings. The second kappa shape index (κ2) is 7.15. The average Bonchev–Trinajstić information content (AvgIpc) is 2.27. The van der Waals surface area contributed by atoms with Crippen LogP contribution in [0.3, 0.4) is 0 Å². The smallest absolute Gasteiger partial charge is 0.124 e. The first-order valence-electron chi connectivity index (χ1n) is 5.32. The maximum atomic E-state index is 13.1. The molecule has 0 aliphatic heterocycles. The molecule has 0 saturated carbocycles. The summed E-state index contributed by atoms with van der Waals surface area (Å²) in [4.78, 5) is 0. The molecule has 0 aliphatic carbocycles. The van der Waals surface area contributed by atoms with Gasteiger partial charge in [-0.2, -0.15) is 5.26 Å². The SMILES string of the molecule is CS(=O)CCCNCc1cc(F)cc(C#N)c1. The molecule has 0 saturated heterocycles. The summed E-state index contributed by atoms with van der Waals surface area (Å²) in [6.07, 6.45) is 2.50. The molecule has 0 aliphatic rings. The standard InChI is InChI=1S/C12H15FN2OS/c1-17(16)4-2-3-15-9-11-5-10(8-14)6-12(13)7-11/h5-7,15H,2-4,9H2,1H3. The fraction of sp³-hybridized carbons (Fsp3) is 0.417. The van der Waals surface area contributed by atoms with E-state index in [2.05, 4.69) is 5.32 Å². The molecule has 1 aromatic rings. The van der Waals surface area contributed by atoms with E-state index in [-0.39, 0.29) is 0 Å². The monoisotopic (exact) mass is 254 g/mol. The van der Waals surface area contributed by atoms with Crippen LogP contribution < -0.4 is 5.32 Å². The van der Waals surface area contributed by atoms with E-state index in [1.165, 1.54) is 12.1 Å². The van der Waals surface area contributed by atoms with Gasteiger partial charge in [-0.1, -0.05) is 0 Å². The molecule has 0 bridgehead atoms. The molecular weight excluding hydrogens is 239 g/mol. The number of rotatable bonds is 6. The molecule has 0 aromatic heterocycles. The molecule has 3 nitrogen and oxygen atoms in total. The highest BCUT2D eigenvalue weighted by Gasteiger charge is 2.00. The zero-order valence-electron chi connectivity index (χ0n) is 9.70. The Morgan fingerprint density at radius 1 is 1.47 bits per heavy atom. The summed E-state index contributed by atoms with van der Waals surface area (Å²) in [6.45, 7) is 1.25. The van der Waals surface area contributed by atoms with Crippen molar-refractivity contribution >= 4 is 10.8 Å². The molecule has 1 atom stereocenters. The minimum atomic E-state index is -0.765. The lowest BCUT2D eigenvalue weighted by Gasteiger charge is -2.05. The minimum absolute atomic E-state index is 0.330. The number of hydrogen-bond donors (Lipinski definition) is 1. The van der Waals surface area contributed by atoms with E-state index in [0.717, 1.165) is 18.5 Å². The van der Waals surface area contributed by atoms with E-state index in [1.54, 1.807) is 12.3 Å². The molecule has 1 rings (SSSR count). The molecule has 92 valence electrons. The van der Waals surface area contributed by atoms with E-state index in [0.29, 0.717) is 17.9 Å². The molecule has 5 heteroatoms. The van der Waals surface area contributed by atoms with Crippen molar-refractivity contribution in [2.75, 3.05) is 18.6 Å². The summed E-state index contributed by atoms with van der Waals surface area (Å²) in [7, 11) is -0.765. The van der Waals surface area contributed by atoms with Gasteiger partial charge in [0.2, 0.25) is 0 Å². The molecule has 1 unspecified atom stereocenters. The molecule has 0 spiro atoms. The van der Waals surface area contributed by atoms with Crippen molar-refractivity contribution in [3.63, 3.8) is 0 Å². The lowest BCUT2D eigenvalue weighted by molar-refractivity contribution is 0.618. The van der Waals surface area contributed by atoms with Gasteiger partial charge in [0, 0.05) is 29.4 Å². The van der Waals surface area contributed by atoms with Crippen LogP contribution in [-0.2, 0) is 17.3 Å². The van der Waals surface area contributed by atoms with Crippen molar-refractivity contribution in [2.24, 2.45) is 0 Å².